The zero-order valence-corrected chi connectivity index (χ0v) is 16.7. The van der Waals surface area contributed by atoms with Crippen molar-refractivity contribution in [3.63, 3.8) is 0 Å². The van der Waals surface area contributed by atoms with Crippen LogP contribution >= 0.6 is 0 Å². The average molecular weight is 399 g/mol. The van der Waals surface area contributed by atoms with E-state index >= 15 is 0 Å². The van der Waals surface area contributed by atoms with Crippen molar-refractivity contribution >= 4 is 11.6 Å². The van der Waals surface area contributed by atoms with Crippen molar-refractivity contribution in [2.45, 2.75) is 18.4 Å². The third-order valence-corrected chi connectivity index (χ3v) is 6.32. The Kier molecular flexibility index (Phi) is 3.56. The molecule has 0 N–H and O–H groups in total. The van der Waals surface area contributed by atoms with Gasteiger partial charge in [0, 0.05) is 56.5 Å². The summed E-state index contributed by atoms with van der Waals surface area (Å²) in [5.74, 6) is 0.852. The number of ether oxygens (including phenoxy) is 1. The molecule has 7 nitrogen and oxygen atoms in total. The molecule has 2 aliphatic heterocycles. The number of hydrogen-bond donors (Lipinski definition) is 0. The fourth-order valence-corrected chi connectivity index (χ4v) is 4.75. The minimum atomic E-state index is -0.451. The molecule has 1 saturated heterocycles. The van der Waals surface area contributed by atoms with E-state index in [0.717, 1.165) is 41.1 Å². The zero-order valence-electron chi connectivity index (χ0n) is 16.7. The van der Waals surface area contributed by atoms with Gasteiger partial charge in [-0.25, -0.2) is 4.98 Å². The second-order valence-corrected chi connectivity index (χ2v) is 8.01. The van der Waals surface area contributed by atoms with E-state index in [4.69, 9.17) is 4.74 Å². The monoisotopic (exact) mass is 399 g/mol. The molecular formula is C23H21N5O2. The molecule has 6 rings (SSSR count). The number of benzene rings is 1. The smallest absolute Gasteiger partial charge is 0.274 e. The molecule has 0 unspecified atom stereocenters. The van der Waals surface area contributed by atoms with Crippen LogP contribution in [0.15, 0.2) is 61.1 Å². The highest BCUT2D eigenvalue weighted by atomic mass is 16.5. The fraction of sp³-hybridized carbons (Fsp3) is 0.261. The number of piperidine rings is 1. The fourth-order valence-electron chi connectivity index (χ4n) is 4.75. The maximum absolute atomic E-state index is 13.1. The average Bonchev–Trinajstić information content (AvgIpc) is 3.38. The Labute approximate surface area is 173 Å². The lowest BCUT2D eigenvalue weighted by atomic mass is 9.81. The topological polar surface area (TPSA) is 64.7 Å². The van der Waals surface area contributed by atoms with Gasteiger partial charge in [-0.2, -0.15) is 5.10 Å². The van der Waals surface area contributed by atoms with Gasteiger partial charge in [-0.15, -0.1) is 0 Å². The van der Waals surface area contributed by atoms with E-state index in [1.54, 1.807) is 6.20 Å². The molecule has 0 atom stereocenters. The first-order valence-corrected chi connectivity index (χ1v) is 10.2. The van der Waals surface area contributed by atoms with Crippen molar-refractivity contribution in [1.82, 2.24) is 24.1 Å². The van der Waals surface area contributed by atoms with Gasteiger partial charge in [-0.3, -0.25) is 9.48 Å². The predicted molar refractivity (Wildman–Crippen MR) is 111 cm³/mol. The number of aryl methyl sites for hydroxylation is 1. The van der Waals surface area contributed by atoms with Crippen LogP contribution in [0.4, 0.5) is 0 Å². The van der Waals surface area contributed by atoms with E-state index in [-0.39, 0.29) is 5.91 Å². The molecule has 1 spiro atoms. The maximum Gasteiger partial charge on any atom is 0.274 e. The van der Waals surface area contributed by atoms with Crippen LogP contribution in [-0.4, -0.2) is 43.1 Å². The van der Waals surface area contributed by atoms with Crippen LogP contribution in [0.5, 0.6) is 5.75 Å². The normalized spacial score (nSPS) is 16.9. The Morgan fingerprint density at radius 3 is 2.73 bits per heavy atom. The van der Waals surface area contributed by atoms with Crippen LogP contribution in [0.2, 0.25) is 0 Å². The predicted octanol–water partition coefficient (Wildman–Crippen LogP) is 3.26. The van der Waals surface area contributed by atoms with Gasteiger partial charge in [0.2, 0.25) is 0 Å². The number of fused-ring (bicyclic) bond motifs is 5. The number of nitrogens with zero attached hydrogens (tertiary/aromatic N) is 5. The number of para-hydroxylation sites is 1. The Morgan fingerprint density at radius 1 is 1.10 bits per heavy atom. The van der Waals surface area contributed by atoms with Gasteiger partial charge in [0.15, 0.2) is 0 Å². The summed E-state index contributed by atoms with van der Waals surface area (Å²) in [6.45, 7) is 1.23. The Balaban J connectivity index is 1.29. The molecule has 2 aliphatic rings. The third kappa shape index (κ3) is 2.41. The lowest BCUT2D eigenvalue weighted by Crippen LogP contribution is -2.49. The lowest BCUT2D eigenvalue weighted by molar-refractivity contribution is -0.00187. The highest BCUT2D eigenvalue weighted by Crippen LogP contribution is 2.49. The number of rotatable bonds is 1. The summed E-state index contributed by atoms with van der Waals surface area (Å²) in [7, 11) is 1.97. The molecule has 1 fully saturated rings. The first-order valence-electron chi connectivity index (χ1n) is 10.2. The summed E-state index contributed by atoms with van der Waals surface area (Å²) in [5, 5.41) is 4.52. The molecular weight excluding hydrogens is 378 g/mol. The Morgan fingerprint density at radius 2 is 1.90 bits per heavy atom. The lowest BCUT2D eigenvalue weighted by Gasteiger charge is -2.44. The molecule has 0 bridgehead atoms. The number of hydrogen-bond acceptors (Lipinski definition) is 4. The van der Waals surface area contributed by atoms with Crippen molar-refractivity contribution in [1.29, 1.82) is 0 Å². The maximum atomic E-state index is 13.1. The van der Waals surface area contributed by atoms with Crippen LogP contribution in [0.3, 0.4) is 0 Å². The van der Waals surface area contributed by atoms with Crippen molar-refractivity contribution in [2.75, 3.05) is 13.1 Å². The van der Waals surface area contributed by atoms with Crippen LogP contribution < -0.4 is 4.74 Å². The molecule has 0 saturated carbocycles. The van der Waals surface area contributed by atoms with Gasteiger partial charge in [0.05, 0.1) is 11.9 Å². The first-order chi connectivity index (χ1) is 14.6. The summed E-state index contributed by atoms with van der Waals surface area (Å²) in [6, 6.07) is 13.9. The van der Waals surface area contributed by atoms with E-state index in [1.165, 1.54) is 0 Å². The summed E-state index contributed by atoms with van der Waals surface area (Å²) in [6.07, 6.45) is 7.07. The molecule has 4 aromatic rings. The summed E-state index contributed by atoms with van der Waals surface area (Å²) in [4.78, 5) is 19.5. The number of imidazole rings is 1. The van der Waals surface area contributed by atoms with Crippen molar-refractivity contribution < 1.29 is 9.53 Å². The van der Waals surface area contributed by atoms with Gasteiger partial charge >= 0.3 is 0 Å². The van der Waals surface area contributed by atoms with Gasteiger partial charge in [0.25, 0.3) is 5.91 Å². The zero-order chi connectivity index (χ0) is 20.3. The van der Waals surface area contributed by atoms with Crippen LogP contribution in [0.1, 0.15) is 28.9 Å². The van der Waals surface area contributed by atoms with Crippen molar-refractivity contribution in [3.8, 4) is 17.0 Å². The number of carbonyl (C=O) groups is 1. The molecule has 150 valence electrons. The molecule has 1 aromatic carbocycles. The van der Waals surface area contributed by atoms with E-state index in [2.05, 4.69) is 16.1 Å². The summed E-state index contributed by atoms with van der Waals surface area (Å²) >= 11 is 0. The van der Waals surface area contributed by atoms with Gasteiger partial charge in [-0.1, -0.05) is 18.2 Å². The van der Waals surface area contributed by atoms with Crippen LogP contribution in [-0.2, 0) is 12.6 Å². The standard InChI is InChI=1S/C23H21N5O2/c1-26-21-16-6-2-3-7-19(16)30-23(17(21)14-24-26)9-12-27(13-10-23)22(29)18-15-28-11-5-4-8-20(28)25-18/h2-8,11,14-15H,9-10,12-13H2,1H3. The number of likely N-dealkylation sites (tertiary alicyclic amines) is 1. The largest absolute Gasteiger partial charge is 0.482 e. The summed E-state index contributed by atoms with van der Waals surface area (Å²) in [5.41, 5.74) is 4.10. The third-order valence-electron chi connectivity index (χ3n) is 6.32. The summed E-state index contributed by atoms with van der Waals surface area (Å²) < 4.78 is 10.4. The second-order valence-electron chi connectivity index (χ2n) is 8.01. The van der Waals surface area contributed by atoms with Crippen LogP contribution in [0, 0.1) is 0 Å². The number of amides is 1. The minimum Gasteiger partial charge on any atom is -0.482 e. The van der Waals surface area contributed by atoms with E-state index in [0.29, 0.717) is 18.8 Å². The van der Waals surface area contributed by atoms with E-state index < -0.39 is 5.60 Å². The van der Waals surface area contributed by atoms with E-state index in [9.17, 15) is 4.79 Å². The van der Waals surface area contributed by atoms with E-state index in [1.807, 2.05) is 69.8 Å². The highest BCUT2D eigenvalue weighted by Gasteiger charge is 2.46. The molecule has 0 radical (unpaired) electrons. The molecule has 0 aliphatic carbocycles. The molecule has 7 heteroatoms. The van der Waals surface area contributed by atoms with Crippen molar-refractivity contribution in [2.24, 2.45) is 7.05 Å². The second kappa shape index (κ2) is 6.19. The SMILES string of the molecule is Cn1ncc2c1-c1ccccc1OC21CCN(C(=O)c2cn3ccccc3n2)CC1. The number of aromatic nitrogens is 4. The molecule has 30 heavy (non-hydrogen) atoms. The Hall–Kier alpha value is -3.61. The minimum absolute atomic E-state index is 0.0313. The molecule has 1 amide bonds. The Bertz CT molecular complexity index is 1250. The van der Waals surface area contributed by atoms with Crippen molar-refractivity contribution in [3.05, 3.63) is 72.3 Å². The number of carbonyl (C=O) groups excluding carboxylic acids is 1. The quantitative estimate of drug-likeness (QED) is 0.493. The number of pyridine rings is 1. The van der Waals surface area contributed by atoms with Gasteiger partial charge < -0.3 is 14.0 Å². The first kappa shape index (κ1) is 17.3. The molecule has 3 aromatic heterocycles. The molecule has 5 heterocycles. The van der Waals surface area contributed by atoms with Crippen LogP contribution in [0.25, 0.3) is 16.9 Å². The highest BCUT2D eigenvalue weighted by molar-refractivity contribution is 5.93. The van der Waals surface area contributed by atoms with Gasteiger partial charge in [0.1, 0.15) is 22.7 Å². The van der Waals surface area contributed by atoms with Gasteiger partial charge in [-0.05, 0) is 24.3 Å².